The van der Waals surface area contributed by atoms with Gasteiger partial charge >= 0.3 is 0 Å². The molecular formula is C10H16N2O2S2. The molecule has 1 aromatic rings. The highest BCUT2D eigenvalue weighted by Gasteiger charge is 2.36. The Hall–Kier alpha value is -0.460. The van der Waals surface area contributed by atoms with Crippen LogP contribution < -0.4 is 5.73 Å². The molecule has 1 saturated heterocycles. The lowest BCUT2D eigenvalue weighted by Gasteiger charge is -2.31. The lowest BCUT2D eigenvalue weighted by Crippen LogP contribution is -2.33. The summed E-state index contributed by atoms with van der Waals surface area (Å²) in [4.78, 5) is 5.40. The minimum atomic E-state index is -2.80. The van der Waals surface area contributed by atoms with Crippen molar-refractivity contribution in [2.24, 2.45) is 5.73 Å². The molecule has 0 aromatic carbocycles. The van der Waals surface area contributed by atoms with Crippen LogP contribution in [0.1, 0.15) is 29.7 Å². The van der Waals surface area contributed by atoms with Crippen LogP contribution in [0.3, 0.4) is 0 Å². The van der Waals surface area contributed by atoms with Gasteiger partial charge in [0, 0.05) is 23.0 Å². The summed E-state index contributed by atoms with van der Waals surface area (Å²) in [5, 5.41) is 0.921. The average Bonchev–Trinajstić information content (AvgIpc) is 2.72. The molecule has 0 saturated carbocycles. The first kappa shape index (κ1) is 12.0. The topological polar surface area (TPSA) is 73.0 Å². The second kappa shape index (κ2) is 4.09. The Morgan fingerprint density at radius 2 is 2.12 bits per heavy atom. The van der Waals surface area contributed by atoms with E-state index in [-0.39, 0.29) is 5.41 Å². The number of nitrogens with zero attached hydrogens (tertiary/aromatic N) is 1. The summed E-state index contributed by atoms with van der Waals surface area (Å²) in [6.45, 7) is 2.58. The molecule has 4 nitrogen and oxygen atoms in total. The van der Waals surface area contributed by atoms with Crippen molar-refractivity contribution in [3.63, 3.8) is 0 Å². The molecule has 2 rings (SSSR count). The van der Waals surface area contributed by atoms with Crippen molar-refractivity contribution < 1.29 is 8.42 Å². The predicted molar refractivity (Wildman–Crippen MR) is 65.2 cm³/mol. The normalized spacial score (nSPS) is 23.1. The maximum atomic E-state index is 11.4. The second-order valence-electron chi connectivity index (χ2n) is 4.53. The van der Waals surface area contributed by atoms with E-state index in [1.165, 1.54) is 4.88 Å². The fourth-order valence-corrected chi connectivity index (χ4v) is 4.64. The van der Waals surface area contributed by atoms with E-state index < -0.39 is 9.84 Å². The number of hydrogen-bond acceptors (Lipinski definition) is 5. The van der Waals surface area contributed by atoms with Crippen LogP contribution >= 0.6 is 11.3 Å². The van der Waals surface area contributed by atoms with Gasteiger partial charge in [-0.1, -0.05) is 6.92 Å². The van der Waals surface area contributed by atoms with Crippen LogP contribution in [0.15, 0.2) is 6.20 Å². The quantitative estimate of drug-likeness (QED) is 0.863. The molecule has 0 atom stereocenters. The van der Waals surface area contributed by atoms with Gasteiger partial charge in [0.05, 0.1) is 11.5 Å². The van der Waals surface area contributed by atoms with Crippen molar-refractivity contribution >= 4 is 21.2 Å². The fraction of sp³-hybridized carbons (Fsp3) is 0.700. The average molecular weight is 260 g/mol. The number of hydrogen-bond donors (Lipinski definition) is 1. The van der Waals surface area contributed by atoms with Crippen molar-refractivity contribution in [1.29, 1.82) is 0 Å². The van der Waals surface area contributed by atoms with E-state index in [1.807, 2.05) is 6.20 Å². The minimum Gasteiger partial charge on any atom is -0.325 e. The van der Waals surface area contributed by atoms with Gasteiger partial charge in [0.1, 0.15) is 14.8 Å². The first-order chi connectivity index (χ1) is 7.45. The Kier molecular flexibility index (Phi) is 3.07. The standard InChI is InChI=1S/C10H16N2O2S2/c1-10(2-4-16(13,14)5-3-10)8-7-12-9(6-11)15-8/h7H,2-6,11H2,1H3. The van der Waals surface area contributed by atoms with E-state index in [0.717, 1.165) is 5.01 Å². The van der Waals surface area contributed by atoms with E-state index in [9.17, 15) is 8.42 Å². The zero-order chi connectivity index (χ0) is 11.8. The van der Waals surface area contributed by atoms with Gasteiger partial charge in [-0.2, -0.15) is 0 Å². The minimum absolute atomic E-state index is 0.0313. The van der Waals surface area contributed by atoms with E-state index in [2.05, 4.69) is 11.9 Å². The number of sulfone groups is 1. The molecule has 0 unspecified atom stereocenters. The molecule has 90 valence electrons. The van der Waals surface area contributed by atoms with Crippen LogP contribution in [0.5, 0.6) is 0 Å². The zero-order valence-corrected chi connectivity index (χ0v) is 10.9. The highest BCUT2D eigenvalue weighted by molar-refractivity contribution is 7.91. The summed E-state index contributed by atoms with van der Waals surface area (Å²) >= 11 is 1.61. The summed E-state index contributed by atoms with van der Waals surface area (Å²) < 4.78 is 22.8. The molecule has 1 fully saturated rings. The molecule has 2 N–H and O–H groups in total. The van der Waals surface area contributed by atoms with E-state index >= 15 is 0 Å². The summed E-state index contributed by atoms with van der Waals surface area (Å²) in [5.41, 5.74) is 5.50. The smallest absolute Gasteiger partial charge is 0.150 e. The molecule has 1 aliphatic heterocycles. The van der Waals surface area contributed by atoms with Crippen molar-refractivity contribution in [3.05, 3.63) is 16.1 Å². The highest BCUT2D eigenvalue weighted by Crippen LogP contribution is 2.38. The van der Waals surface area contributed by atoms with Gasteiger partial charge in [-0.15, -0.1) is 11.3 Å². The first-order valence-corrected chi connectivity index (χ1v) is 7.95. The largest absolute Gasteiger partial charge is 0.325 e. The lowest BCUT2D eigenvalue weighted by atomic mass is 9.83. The molecule has 0 amide bonds. The van der Waals surface area contributed by atoms with Crippen LogP contribution in [-0.2, 0) is 21.8 Å². The molecule has 1 aromatic heterocycles. The Bertz CT molecular complexity index is 465. The first-order valence-electron chi connectivity index (χ1n) is 5.31. The van der Waals surface area contributed by atoms with E-state index in [0.29, 0.717) is 30.9 Å². The third kappa shape index (κ3) is 2.28. The van der Waals surface area contributed by atoms with Crippen molar-refractivity contribution in [2.75, 3.05) is 11.5 Å². The van der Waals surface area contributed by atoms with Gasteiger partial charge in [0.15, 0.2) is 0 Å². The summed E-state index contributed by atoms with van der Waals surface area (Å²) in [6.07, 6.45) is 3.24. The SMILES string of the molecule is CC1(c2cnc(CN)s2)CCS(=O)(=O)CC1. The third-order valence-corrected chi connectivity index (χ3v) is 6.23. The molecule has 0 aliphatic carbocycles. The predicted octanol–water partition coefficient (Wildman–Crippen LogP) is 1.07. The van der Waals surface area contributed by atoms with Gasteiger partial charge < -0.3 is 5.73 Å². The van der Waals surface area contributed by atoms with Crippen LogP contribution in [0.2, 0.25) is 0 Å². The van der Waals surface area contributed by atoms with Gasteiger partial charge in [-0.05, 0) is 12.8 Å². The third-order valence-electron chi connectivity index (χ3n) is 3.25. The van der Waals surface area contributed by atoms with Crippen molar-refractivity contribution in [1.82, 2.24) is 4.98 Å². The maximum Gasteiger partial charge on any atom is 0.150 e. The molecule has 6 heteroatoms. The molecule has 0 radical (unpaired) electrons. The molecular weight excluding hydrogens is 244 g/mol. The maximum absolute atomic E-state index is 11.4. The van der Waals surface area contributed by atoms with Gasteiger partial charge in [-0.3, -0.25) is 0 Å². The van der Waals surface area contributed by atoms with Crippen molar-refractivity contribution in [2.45, 2.75) is 31.7 Å². The van der Waals surface area contributed by atoms with E-state index in [4.69, 9.17) is 5.73 Å². The van der Waals surface area contributed by atoms with Crippen molar-refractivity contribution in [3.8, 4) is 0 Å². The summed E-state index contributed by atoms with van der Waals surface area (Å²) in [5.74, 6) is 0.582. The van der Waals surface area contributed by atoms with Gasteiger partial charge in [-0.25, -0.2) is 13.4 Å². The van der Waals surface area contributed by atoms with Crippen LogP contribution in [0.25, 0.3) is 0 Å². The highest BCUT2D eigenvalue weighted by atomic mass is 32.2. The number of nitrogens with two attached hydrogens (primary N) is 1. The van der Waals surface area contributed by atoms with Gasteiger partial charge in [0.2, 0.25) is 0 Å². The van der Waals surface area contributed by atoms with Crippen LogP contribution in [0.4, 0.5) is 0 Å². The molecule has 2 heterocycles. The Labute approximate surface area is 99.8 Å². The Balaban J connectivity index is 2.20. The fourth-order valence-electron chi connectivity index (χ4n) is 1.92. The number of rotatable bonds is 2. The van der Waals surface area contributed by atoms with Gasteiger partial charge in [0.25, 0.3) is 0 Å². The number of aromatic nitrogens is 1. The van der Waals surface area contributed by atoms with Crippen LogP contribution in [0, 0.1) is 0 Å². The summed E-state index contributed by atoms with van der Waals surface area (Å²) in [6, 6.07) is 0. The molecule has 16 heavy (non-hydrogen) atoms. The van der Waals surface area contributed by atoms with E-state index in [1.54, 1.807) is 11.3 Å². The monoisotopic (exact) mass is 260 g/mol. The molecule has 0 spiro atoms. The Morgan fingerprint density at radius 3 is 2.62 bits per heavy atom. The molecule has 0 bridgehead atoms. The Morgan fingerprint density at radius 1 is 1.50 bits per heavy atom. The lowest BCUT2D eigenvalue weighted by molar-refractivity contribution is 0.426. The summed E-state index contributed by atoms with van der Waals surface area (Å²) in [7, 11) is -2.80. The second-order valence-corrected chi connectivity index (χ2v) is 7.95. The van der Waals surface area contributed by atoms with Crippen LogP contribution in [-0.4, -0.2) is 24.9 Å². The number of thiazole rings is 1. The molecule has 1 aliphatic rings. The zero-order valence-electron chi connectivity index (χ0n) is 9.27.